The van der Waals surface area contributed by atoms with E-state index in [2.05, 4.69) is 4.40 Å². The van der Waals surface area contributed by atoms with Crippen LogP contribution in [0, 0.1) is 5.82 Å². The molecule has 1 rings (SSSR count). The molecule has 5 heteroatoms. The molecule has 0 spiro atoms. The zero-order valence-corrected chi connectivity index (χ0v) is 10.8. The third-order valence-corrected chi connectivity index (χ3v) is 3.37. The molecule has 17 heavy (non-hydrogen) atoms. The number of nitrogens with zero attached hydrogens (tertiary/aromatic N) is 1. The molecule has 2 unspecified atom stereocenters. The molecule has 0 heterocycles. The first-order valence-corrected chi connectivity index (χ1v) is 6.27. The molecule has 0 aliphatic rings. The number of hydrogen-bond acceptors (Lipinski definition) is 1. The van der Waals surface area contributed by atoms with Crippen molar-refractivity contribution in [2.24, 2.45) is 4.40 Å². The summed E-state index contributed by atoms with van der Waals surface area (Å²) in [7, 11) is -1.53. The lowest BCUT2D eigenvalue weighted by Gasteiger charge is -2.13. The lowest BCUT2D eigenvalue weighted by atomic mass is 10.1. The summed E-state index contributed by atoms with van der Waals surface area (Å²) in [4.78, 5) is 0. The Balaban J connectivity index is 2.80. The molecule has 0 amide bonds. The summed E-state index contributed by atoms with van der Waals surface area (Å²) in [6.07, 6.45) is -0.790. The maximum atomic E-state index is 13.6. The minimum absolute atomic E-state index is 0.0952. The van der Waals surface area contributed by atoms with Gasteiger partial charge in [0, 0.05) is 5.56 Å². The topological polar surface area (TPSA) is 29.4 Å². The summed E-state index contributed by atoms with van der Waals surface area (Å²) < 4.78 is 41.4. The van der Waals surface area contributed by atoms with Crippen LogP contribution in [0.1, 0.15) is 32.5 Å². The molecule has 0 saturated heterocycles. The Morgan fingerprint density at radius 2 is 1.94 bits per heavy atom. The molecule has 1 aromatic rings. The smallest absolute Gasteiger partial charge is 0.164 e. The van der Waals surface area contributed by atoms with Crippen LogP contribution in [-0.4, -0.2) is 15.2 Å². The highest BCUT2D eigenvalue weighted by atomic mass is 32.2. The largest absolute Gasteiger partial charge is 0.236 e. The van der Waals surface area contributed by atoms with E-state index >= 15 is 0 Å². The second kappa shape index (κ2) is 5.49. The highest BCUT2D eigenvalue weighted by molar-refractivity contribution is 7.85. The summed E-state index contributed by atoms with van der Waals surface area (Å²) in [6, 6.07) is 5.54. The zero-order chi connectivity index (χ0) is 13.1. The van der Waals surface area contributed by atoms with Crippen molar-refractivity contribution in [2.75, 3.05) is 0 Å². The van der Waals surface area contributed by atoms with Gasteiger partial charge in [-0.15, -0.1) is 0 Å². The van der Waals surface area contributed by atoms with Gasteiger partial charge in [-0.25, -0.2) is 13.0 Å². The normalized spacial score (nSPS) is 16.1. The average Bonchev–Trinajstić information content (AvgIpc) is 2.24. The van der Waals surface area contributed by atoms with Crippen LogP contribution in [0.4, 0.5) is 8.78 Å². The molecule has 0 saturated carbocycles. The molecule has 0 radical (unpaired) electrons. The number of rotatable bonds is 3. The standard InChI is InChI=1S/C12H15F2NOS/c1-12(2,3)17(16)15-8-11(14)9-6-4-5-7-10(9)13/h4-8,11H,1-3H3. The highest BCUT2D eigenvalue weighted by Gasteiger charge is 2.19. The van der Waals surface area contributed by atoms with Crippen LogP contribution in [0.25, 0.3) is 0 Å². The van der Waals surface area contributed by atoms with Crippen molar-refractivity contribution in [3.63, 3.8) is 0 Å². The molecule has 0 aliphatic heterocycles. The summed E-state index contributed by atoms with van der Waals surface area (Å²) in [5.74, 6) is -0.631. The Kier molecular flexibility index (Phi) is 4.51. The first-order chi connectivity index (χ1) is 7.82. The van der Waals surface area contributed by atoms with Gasteiger partial charge in [-0.3, -0.25) is 0 Å². The first-order valence-electron chi connectivity index (χ1n) is 5.17. The van der Waals surface area contributed by atoms with Crippen molar-refractivity contribution < 1.29 is 13.0 Å². The lowest BCUT2D eigenvalue weighted by Crippen LogP contribution is -2.19. The molecule has 0 fully saturated rings. The predicted molar refractivity (Wildman–Crippen MR) is 66.6 cm³/mol. The Bertz CT molecular complexity index is 440. The maximum absolute atomic E-state index is 13.6. The number of benzene rings is 1. The molecule has 94 valence electrons. The van der Waals surface area contributed by atoms with E-state index < -0.39 is 27.7 Å². The molecule has 0 N–H and O–H groups in total. The van der Waals surface area contributed by atoms with Gasteiger partial charge in [0.1, 0.15) is 16.8 Å². The molecule has 0 aliphatic carbocycles. The molecule has 0 aromatic heterocycles. The molecule has 2 atom stereocenters. The van der Waals surface area contributed by atoms with Gasteiger partial charge in [-0.2, -0.15) is 4.40 Å². The molecule has 2 nitrogen and oxygen atoms in total. The molecular formula is C12H15F2NOS. The van der Waals surface area contributed by atoms with E-state index in [4.69, 9.17) is 0 Å². The summed E-state index contributed by atoms with van der Waals surface area (Å²) in [5, 5.41) is 0. The quantitative estimate of drug-likeness (QED) is 0.765. The fourth-order valence-electron chi connectivity index (χ4n) is 1.05. The fourth-order valence-corrected chi connectivity index (χ4v) is 1.58. The Morgan fingerprint density at radius 3 is 2.47 bits per heavy atom. The number of alkyl halides is 1. The van der Waals surface area contributed by atoms with E-state index in [0.29, 0.717) is 0 Å². The molecule has 0 bridgehead atoms. The van der Waals surface area contributed by atoms with Crippen LogP contribution in [-0.2, 0) is 11.0 Å². The van der Waals surface area contributed by atoms with Crippen molar-refractivity contribution in [1.29, 1.82) is 0 Å². The van der Waals surface area contributed by atoms with Gasteiger partial charge in [0.2, 0.25) is 0 Å². The molecular weight excluding hydrogens is 244 g/mol. The first kappa shape index (κ1) is 14.0. The minimum Gasteiger partial charge on any atom is -0.236 e. The van der Waals surface area contributed by atoms with E-state index in [1.807, 2.05) is 0 Å². The van der Waals surface area contributed by atoms with Gasteiger partial charge in [-0.05, 0) is 26.8 Å². The third kappa shape index (κ3) is 4.00. The Hall–Kier alpha value is -1.10. The number of halogens is 2. The van der Waals surface area contributed by atoms with Gasteiger partial charge in [0.05, 0.1) is 11.0 Å². The van der Waals surface area contributed by atoms with E-state index in [0.717, 1.165) is 6.21 Å². The summed E-state index contributed by atoms with van der Waals surface area (Å²) in [6.45, 7) is 5.20. The number of hydrogen-bond donors (Lipinski definition) is 0. The Morgan fingerprint density at radius 1 is 1.35 bits per heavy atom. The van der Waals surface area contributed by atoms with Crippen LogP contribution < -0.4 is 0 Å². The molecule has 1 aromatic carbocycles. The van der Waals surface area contributed by atoms with Crippen LogP contribution in [0.5, 0.6) is 0 Å². The van der Waals surface area contributed by atoms with Crippen molar-refractivity contribution in [2.45, 2.75) is 31.7 Å². The van der Waals surface area contributed by atoms with Crippen LogP contribution >= 0.6 is 0 Å². The van der Waals surface area contributed by atoms with Gasteiger partial charge >= 0.3 is 0 Å². The van der Waals surface area contributed by atoms with Crippen LogP contribution in [0.15, 0.2) is 28.7 Å². The fraction of sp³-hybridized carbons (Fsp3) is 0.417. The third-order valence-electron chi connectivity index (χ3n) is 2.01. The highest BCUT2D eigenvalue weighted by Crippen LogP contribution is 2.19. The van der Waals surface area contributed by atoms with E-state index in [1.165, 1.54) is 18.2 Å². The average molecular weight is 259 g/mol. The van der Waals surface area contributed by atoms with Crippen molar-refractivity contribution in [3.8, 4) is 0 Å². The van der Waals surface area contributed by atoms with E-state index in [-0.39, 0.29) is 5.56 Å². The van der Waals surface area contributed by atoms with Gasteiger partial charge < -0.3 is 0 Å². The van der Waals surface area contributed by atoms with E-state index in [1.54, 1.807) is 26.8 Å². The van der Waals surface area contributed by atoms with Crippen molar-refractivity contribution in [3.05, 3.63) is 35.6 Å². The van der Waals surface area contributed by atoms with Crippen LogP contribution in [0.3, 0.4) is 0 Å². The predicted octanol–water partition coefficient (Wildman–Crippen LogP) is 3.37. The monoisotopic (exact) mass is 259 g/mol. The van der Waals surface area contributed by atoms with Crippen LogP contribution in [0.2, 0.25) is 0 Å². The van der Waals surface area contributed by atoms with Gasteiger partial charge in [0.25, 0.3) is 0 Å². The summed E-state index contributed by atoms with van der Waals surface area (Å²) in [5.41, 5.74) is -0.0952. The van der Waals surface area contributed by atoms with E-state index in [9.17, 15) is 13.0 Å². The summed E-state index contributed by atoms with van der Waals surface area (Å²) >= 11 is 0. The maximum Gasteiger partial charge on any atom is 0.164 e. The van der Waals surface area contributed by atoms with Crippen molar-refractivity contribution >= 4 is 17.2 Å². The second-order valence-corrected chi connectivity index (χ2v) is 6.47. The minimum atomic E-state index is -1.68. The zero-order valence-electron chi connectivity index (χ0n) is 9.98. The van der Waals surface area contributed by atoms with Gasteiger partial charge in [0.15, 0.2) is 6.17 Å². The second-order valence-electron chi connectivity index (χ2n) is 4.54. The lowest BCUT2D eigenvalue weighted by molar-refractivity contribution is 0.429. The SMILES string of the molecule is CC(C)(C)S(=O)N=CC(F)c1ccccc1F. The van der Waals surface area contributed by atoms with Gasteiger partial charge in [-0.1, -0.05) is 18.2 Å². The van der Waals surface area contributed by atoms with Crippen molar-refractivity contribution in [1.82, 2.24) is 0 Å². The Labute approximate surface area is 102 Å².